The van der Waals surface area contributed by atoms with E-state index in [0.717, 1.165) is 18.2 Å². The number of benzene rings is 1. The van der Waals surface area contributed by atoms with Crippen molar-refractivity contribution in [3.05, 3.63) is 48.0 Å². The minimum Gasteiger partial charge on any atom is -0.481 e. The van der Waals surface area contributed by atoms with E-state index in [-0.39, 0.29) is 25.4 Å². The van der Waals surface area contributed by atoms with Crippen LogP contribution >= 0.6 is 0 Å². The van der Waals surface area contributed by atoms with Crippen LogP contribution in [0.15, 0.2) is 36.9 Å². The van der Waals surface area contributed by atoms with E-state index >= 15 is 0 Å². The van der Waals surface area contributed by atoms with Gasteiger partial charge in [0.2, 0.25) is 5.91 Å². The molecule has 1 aromatic carbocycles. The lowest BCUT2D eigenvalue weighted by molar-refractivity contribution is -0.152. The van der Waals surface area contributed by atoms with E-state index in [1.54, 1.807) is 0 Å². The van der Waals surface area contributed by atoms with Crippen LogP contribution in [0.1, 0.15) is 36.8 Å². The maximum absolute atomic E-state index is 12.5. The minimum absolute atomic E-state index is 0.231. The first kappa shape index (κ1) is 23.2. The Hall–Kier alpha value is -2.84. The third kappa shape index (κ3) is 8.70. The molecule has 0 fully saturated rings. The highest BCUT2D eigenvalue weighted by atomic mass is 19.4. The number of rotatable bonds is 11. The van der Waals surface area contributed by atoms with Crippen molar-refractivity contribution < 1.29 is 37.4 Å². The molecule has 0 spiro atoms. The second kappa shape index (κ2) is 11.1. The fourth-order valence-electron chi connectivity index (χ4n) is 2.33. The number of alkyl halides is 3. The molecule has 0 aliphatic carbocycles. The molecule has 1 amide bonds. The van der Waals surface area contributed by atoms with Crippen molar-refractivity contribution in [2.45, 2.75) is 38.5 Å². The number of ether oxygens (including phenoxy) is 1. The topological polar surface area (TPSA) is 92.7 Å². The predicted molar refractivity (Wildman–Crippen MR) is 94.0 cm³/mol. The summed E-state index contributed by atoms with van der Waals surface area (Å²) >= 11 is 0. The molecular formula is C19H22F3NO5. The molecule has 9 heteroatoms. The van der Waals surface area contributed by atoms with Gasteiger partial charge in [-0.3, -0.25) is 14.4 Å². The van der Waals surface area contributed by atoms with E-state index in [9.17, 15) is 32.7 Å². The van der Waals surface area contributed by atoms with Gasteiger partial charge in [0.25, 0.3) is 0 Å². The lowest BCUT2D eigenvalue weighted by Crippen LogP contribution is -2.23. The van der Waals surface area contributed by atoms with E-state index in [0.29, 0.717) is 24.9 Å². The van der Waals surface area contributed by atoms with Gasteiger partial charge in [-0.05, 0) is 36.6 Å². The summed E-state index contributed by atoms with van der Waals surface area (Å²) in [5.41, 5.74) is -0.441. The molecule has 0 radical (unpaired) electrons. The Morgan fingerprint density at radius 1 is 1.18 bits per heavy atom. The number of aliphatic carboxylic acids is 1. The van der Waals surface area contributed by atoms with Crippen LogP contribution < -0.4 is 5.32 Å². The summed E-state index contributed by atoms with van der Waals surface area (Å²) in [7, 11) is 0. The Morgan fingerprint density at radius 3 is 2.36 bits per heavy atom. The summed E-state index contributed by atoms with van der Waals surface area (Å²) in [4.78, 5) is 34.1. The van der Waals surface area contributed by atoms with Crippen molar-refractivity contribution in [3.8, 4) is 0 Å². The summed E-state index contributed by atoms with van der Waals surface area (Å²) in [6.45, 7) is 3.44. The fraction of sp³-hybridized carbons (Fsp3) is 0.421. The third-order valence-corrected chi connectivity index (χ3v) is 3.91. The quantitative estimate of drug-likeness (QED) is 0.337. The van der Waals surface area contributed by atoms with E-state index in [1.807, 2.05) is 0 Å². The number of nitrogens with one attached hydrogen (secondary N) is 1. The van der Waals surface area contributed by atoms with Crippen LogP contribution in [0.25, 0.3) is 0 Å². The summed E-state index contributed by atoms with van der Waals surface area (Å²) in [5, 5.41) is 11.8. The van der Waals surface area contributed by atoms with Gasteiger partial charge >= 0.3 is 18.1 Å². The molecule has 28 heavy (non-hydrogen) atoms. The van der Waals surface area contributed by atoms with E-state index in [4.69, 9.17) is 4.74 Å². The zero-order chi connectivity index (χ0) is 21.2. The summed E-state index contributed by atoms with van der Waals surface area (Å²) in [6.07, 6.45) is -2.39. The molecule has 0 aromatic heterocycles. The molecule has 0 unspecified atom stereocenters. The first-order valence-electron chi connectivity index (χ1n) is 8.58. The van der Waals surface area contributed by atoms with Crippen LogP contribution in [0.3, 0.4) is 0 Å². The van der Waals surface area contributed by atoms with Crippen LogP contribution in [0.2, 0.25) is 0 Å². The second-order valence-corrected chi connectivity index (χ2v) is 6.09. The molecule has 1 atom stereocenters. The van der Waals surface area contributed by atoms with Crippen LogP contribution in [0, 0.1) is 5.92 Å². The number of hydrogen-bond donors (Lipinski definition) is 2. The maximum atomic E-state index is 12.5. The van der Waals surface area contributed by atoms with Gasteiger partial charge in [0.15, 0.2) is 0 Å². The average molecular weight is 401 g/mol. The van der Waals surface area contributed by atoms with Gasteiger partial charge < -0.3 is 15.2 Å². The average Bonchev–Trinajstić information content (AvgIpc) is 2.64. The smallest absolute Gasteiger partial charge is 0.416 e. The highest BCUT2D eigenvalue weighted by molar-refractivity contribution is 5.86. The normalized spacial score (nSPS) is 12.1. The summed E-state index contributed by atoms with van der Waals surface area (Å²) in [6, 6.07) is 4.16. The first-order valence-corrected chi connectivity index (χ1v) is 8.58. The van der Waals surface area contributed by atoms with Crippen LogP contribution in [-0.2, 0) is 31.9 Å². The molecule has 0 bridgehead atoms. The van der Waals surface area contributed by atoms with Gasteiger partial charge in [-0.1, -0.05) is 25.1 Å². The molecule has 0 saturated carbocycles. The number of hydrogen-bond acceptors (Lipinski definition) is 4. The zero-order valence-corrected chi connectivity index (χ0v) is 15.1. The lowest BCUT2D eigenvalue weighted by Gasteiger charge is -2.12. The second-order valence-electron chi connectivity index (χ2n) is 6.09. The molecule has 6 nitrogen and oxygen atoms in total. The SMILES string of the molecule is C=CC(=O)NCCCC[C@H](CC(=O)OCc1ccc(C(F)(F)F)cc1)C(=O)O. The number of unbranched alkanes of at least 4 members (excludes halogenated alkanes) is 1. The van der Waals surface area contributed by atoms with Gasteiger partial charge in [-0.2, -0.15) is 13.2 Å². The van der Waals surface area contributed by atoms with E-state index in [1.165, 1.54) is 12.1 Å². The Labute approximate surface area is 160 Å². The monoisotopic (exact) mass is 401 g/mol. The Balaban J connectivity index is 2.40. The van der Waals surface area contributed by atoms with Crippen LogP contribution in [0.5, 0.6) is 0 Å². The largest absolute Gasteiger partial charge is 0.481 e. The number of esters is 1. The van der Waals surface area contributed by atoms with Crippen LogP contribution in [0.4, 0.5) is 13.2 Å². The van der Waals surface area contributed by atoms with Crippen molar-refractivity contribution in [1.82, 2.24) is 5.32 Å². The summed E-state index contributed by atoms with van der Waals surface area (Å²) < 4.78 is 42.4. The maximum Gasteiger partial charge on any atom is 0.416 e. The minimum atomic E-state index is -4.45. The van der Waals surface area contributed by atoms with Crippen molar-refractivity contribution in [2.24, 2.45) is 5.92 Å². The number of amides is 1. The number of carbonyl (C=O) groups excluding carboxylic acids is 2. The predicted octanol–water partition coefficient (Wildman–Crippen LogP) is 3.31. The Kier molecular flexibility index (Phi) is 9.20. The van der Waals surface area contributed by atoms with E-state index in [2.05, 4.69) is 11.9 Å². The molecule has 1 aromatic rings. The van der Waals surface area contributed by atoms with Crippen molar-refractivity contribution in [3.63, 3.8) is 0 Å². The highest BCUT2D eigenvalue weighted by Crippen LogP contribution is 2.29. The molecule has 0 aliphatic rings. The first-order chi connectivity index (χ1) is 13.1. The Morgan fingerprint density at radius 2 is 1.82 bits per heavy atom. The highest BCUT2D eigenvalue weighted by Gasteiger charge is 2.30. The van der Waals surface area contributed by atoms with Crippen LogP contribution in [-0.4, -0.2) is 29.5 Å². The van der Waals surface area contributed by atoms with Crippen molar-refractivity contribution >= 4 is 17.8 Å². The number of carboxylic acids is 1. The number of halogens is 3. The van der Waals surface area contributed by atoms with E-state index < -0.39 is 29.6 Å². The molecule has 0 heterocycles. The zero-order valence-electron chi connectivity index (χ0n) is 15.1. The standard InChI is InChI=1S/C19H22F3NO5/c1-2-16(24)23-10-4-3-5-14(18(26)27)11-17(25)28-12-13-6-8-15(9-7-13)19(20,21)22/h2,6-9,14H,1,3-5,10-12H2,(H,23,24)(H,26,27)/t14-/m1/s1. The fourth-order valence-corrected chi connectivity index (χ4v) is 2.33. The molecule has 0 saturated heterocycles. The van der Waals surface area contributed by atoms with Gasteiger partial charge in [0.05, 0.1) is 17.9 Å². The van der Waals surface area contributed by atoms with Gasteiger partial charge in [-0.25, -0.2) is 0 Å². The third-order valence-electron chi connectivity index (χ3n) is 3.91. The van der Waals surface area contributed by atoms with Gasteiger partial charge in [-0.15, -0.1) is 0 Å². The Bertz CT molecular complexity index is 686. The number of carboxylic acid groups (broad SMARTS) is 1. The molecular weight excluding hydrogens is 379 g/mol. The molecule has 1 rings (SSSR count). The molecule has 2 N–H and O–H groups in total. The van der Waals surface area contributed by atoms with Gasteiger partial charge in [0, 0.05) is 6.54 Å². The molecule has 154 valence electrons. The summed E-state index contributed by atoms with van der Waals surface area (Å²) in [5.74, 6) is -3.13. The molecule has 0 aliphatic heterocycles. The number of carbonyl (C=O) groups is 3. The van der Waals surface area contributed by atoms with Crippen molar-refractivity contribution in [1.29, 1.82) is 0 Å². The van der Waals surface area contributed by atoms with Crippen molar-refractivity contribution in [2.75, 3.05) is 6.54 Å². The van der Waals surface area contributed by atoms with Gasteiger partial charge in [0.1, 0.15) is 6.61 Å². The lowest BCUT2D eigenvalue weighted by atomic mass is 9.98.